The first kappa shape index (κ1) is 14.0. The summed E-state index contributed by atoms with van der Waals surface area (Å²) < 4.78 is 0. The molecular weight excluding hydrogens is 208 g/mol. The van der Waals surface area contributed by atoms with E-state index in [1.165, 1.54) is 24.3 Å². The number of anilines is 1. The van der Waals surface area contributed by atoms with Gasteiger partial charge in [0.15, 0.2) is 0 Å². The average molecular weight is 234 g/mol. The van der Waals surface area contributed by atoms with Gasteiger partial charge >= 0.3 is 0 Å². The highest BCUT2D eigenvalue weighted by Gasteiger charge is 2.13. The van der Waals surface area contributed by atoms with E-state index in [1.807, 2.05) is 0 Å². The lowest BCUT2D eigenvalue weighted by Crippen LogP contribution is -2.44. The maximum atomic E-state index is 2.48. The fourth-order valence-electron chi connectivity index (χ4n) is 2.13. The topological polar surface area (TPSA) is 6.48 Å². The molecule has 1 aliphatic heterocycles. The van der Waals surface area contributed by atoms with E-state index < -0.39 is 0 Å². The molecule has 0 aromatic heterocycles. The van der Waals surface area contributed by atoms with Gasteiger partial charge in [-0.1, -0.05) is 33.4 Å². The zero-order valence-electron chi connectivity index (χ0n) is 10.6. The minimum atomic E-state index is 0. The van der Waals surface area contributed by atoms with E-state index in [1.54, 1.807) is 0 Å². The second-order valence-corrected chi connectivity index (χ2v) is 5.04. The van der Waals surface area contributed by atoms with Crippen molar-refractivity contribution in [2.45, 2.75) is 27.2 Å². The Morgan fingerprint density at radius 2 is 1.47 bits per heavy atom. The molecule has 0 bridgehead atoms. The molecule has 2 heteroatoms. The van der Waals surface area contributed by atoms with Crippen LogP contribution in [0.4, 0.5) is 5.69 Å². The van der Waals surface area contributed by atoms with Crippen LogP contribution in [0.25, 0.3) is 0 Å². The summed E-state index contributed by atoms with van der Waals surface area (Å²) >= 11 is 0. The molecule has 17 heavy (non-hydrogen) atoms. The van der Waals surface area contributed by atoms with E-state index in [-0.39, 0.29) is 7.43 Å². The summed E-state index contributed by atoms with van der Waals surface area (Å²) in [5, 5.41) is 0. The highest BCUT2D eigenvalue weighted by atomic mass is 15.2. The molecule has 2 rings (SSSR count). The molecule has 0 amide bonds. The van der Waals surface area contributed by atoms with E-state index in [0.717, 1.165) is 13.1 Å². The van der Waals surface area contributed by atoms with Gasteiger partial charge in [0.2, 0.25) is 0 Å². The summed E-state index contributed by atoms with van der Waals surface area (Å²) in [4.78, 5) is 4.86. The zero-order chi connectivity index (χ0) is 11.5. The van der Waals surface area contributed by atoms with Crippen LogP contribution < -0.4 is 4.90 Å². The second kappa shape index (κ2) is 6.06. The summed E-state index contributed by atoms with van der Waals surface area (Å²) in [5.41, 5.74) is 2.80. The van der Waals surface area contributed by atoms with Crippen molar-refractivity contribution in [2.24, 2.45) is 0 Å². The van der Waals surface area contributed by atoms with E-state index in [2.05, 4.69) is 55.0 Å². The molecule has 0 radical (unpaired) electrons. The van der Waals surface area contributed by atoms with Gasteiger partial charge in [-0.15, -0.1) is 0 Å². The van der Waals surface area contributed by atoms with Crippen molar-refractivity contribution in [1.82, 2.24) is 4.90 Å². The van der Waals surface area contributed by atoms with Crippen LogP contribution in [-0.4, -0.2) is 38.1 Å². The Kier molecular flexibility index (Phi) is 5.01. The highest BCUT2D eigenvalue weighted by Crippen LogP contribution is 2.20. The molecule has 0 unspecified atom stereocenters. The van der Waals surface area contributed by atoms with Gasteiger partial charge in [0, 0.05) is 31.9 Å². The molecule has 0 saturated carbocycles. The Hall–Kier alpha value is -1.02. The van der Waals surface area contributed by atoms with Crippen LogP contribution >= 0.6 is 0 Å². The standard InChI is InChI=1S/C14H22N2.CH4/c1-12(2)13-4-6-14(7-5-13)16-10-8-15(3)9-11-16;/h4-7,12H,8-11H2,1-3H3;1H4. The first-order valence-electron chi connectivity index (χ1n) is 6.20. The van der Waals surface area contributed by atoms with Gasteiger partial charge in [0.05, 0.1) is 0 Å². The summed E-state index contributed by atoms with van der Waals surface area (Å²) in [6, 6.07) is 9.05. The van der Waals surface area contributed by atoms with Crippen molar-refractivity contribution in [1.29, 1.82) is 0 Å². The lowest BCUT2D eigenvalue weighted by atomic mass is 10.0. The molecule has 2 nitrogen and oxygen atoms in total. The van der Waals surface area contributed by atoms with E-state index in [9.17, 15) is 0 Å². The quantitative estimate of drug-likeness (QED) is 0.775. The van der Waals surface area contributed by atoms with Crippen molar-refractivity contribution >= 4 is 5.69 Å². The van der Waals surface area contributed by atoms with Gasteiger partial charge in [0.25, 0.3) is 0 Å². The van der Waals surface area contributed by atoms with Crippen molar-refractivity contribution in [3.8, 4) is 0 Å². The third-order valence-corrected chi connectivity index (χ3v) is 3.43. The first-order valence-corrected chi connectivity index (χ1v) is 6.20. The normalized spacial score (nSPS) is 17.1. The predicted octanol–water partition coefficient (Wildman–Crippen LogP) is 3.20. The first-order chi connectivity index (χ1) is 7.66. The molecule has 1 aromatic rings. The summed E-state index contributed by atoms with van der Waals surface area (Å²) in [6.07, 6.45) is 0. The number of piperazine rings is 1. The predicted molar refractivity (Wildman–Crippen MR) is 77.0 cm³/mol. The van der Waals surface area contributed by atoms with Crippen LogP contribution in [0, 0.1) is 0 Å². The van der Waals surface area contributed by atoms with Gasteiger partial charge in [-0.3, -0.25) is 0 Å². The molecule has 1 fully saturated rings. The molecule has 0 spiro atoms. The van der Waals surface area contributed by atoms with Crippen molar-refractivity contribution in [3.05, 3.63) is 29.8 Å². The molecule has 1 heterocycles. The number of hydrogen-bond acceptors (Lipinski definition) is 2. The van der Waals surface area contributed by atoms with Gasteiger partial charge in [-0.25, -0.2) is 0 Å². The van der Waals surface area contributed by atoms with E-state index in [4.69, 9.17) is 0 Å². The van der Waals surface area contributed by atoms with Gasteiger partial charge in [-0.05, 0) is 30.7 Å². The molecule has 0 aliphatic carbocycles. The Bertz CT molecular complexity index is 321. The summed E-state index contributed by atoms with van der Waals surface area (Å²) in [7, 11) is 2.19. The lowest BCUT2D eigenvalue weighted by Gasteiger charge is -2.34. The second-order valence-electron chi connectivity index (χ2n) is 5.04. The smallest absolute Gasteiger partial charge is 0.0367 e. The van der Waals surface area contributed by atoms with Gasteiger partial charge in [0.1, 0.15) is 0 Å². The highest BCUT2D eigenvalue weighted by molar-refractivity contribution is 5.48. The number of hydrogen-bond donors (Lipinski definition) is 0. The summed E-state index contributed by atoms with van der Waals surface area (Å²) in [5.74, 6) is 0.626. The molecule has 0 N–H and O–H groups in total. The Morgan fingerprint density at radius 1 is 0.941 bits per heavy atom. The Balaban J connectivity index is 0.00000144. The molecule has 1 saturated heterocycles. The maximum absolute atomic E-state index is 2.48. The molecule has 96 valence electrons. The van der Waals surface area contributed by atoms with Crippen LogP contribution in [0.2, 0.25) is 0 Å². The number of benzene rings is 1. The minimum Gasteiger partial charge on any atom is -0.369 e. The lowest BCUT2D eigenvalue weighted by molar-refractivity contribution is 0.313. The Morgan fingerprint density at radius 3 is 1.94 bits per heavy atom. The third kappa shape index (κ3) is 3.47. The fraction of sp³-hybridized carbons (Fsp3) is 0.600. The number of nitrogens with zero attached hydrogens (tertiary/aromatic N) is 2. The Labute approximate surface area is 106 Å². The monoisotopic (exact) mass is 234 g/mol. The SMILES string of the molecule is C.CC(C)c1ccc(N2CCN(C)CC2)cc1. The van der Waals surface area contributed by atoms with Crippen LogP contribution in [0.3, 0.4) is 0 Å². The average Bonchev–Trinajstić information content (AvgIpc) is 2.30. The largest absolute Gasteiger partial charge is 0.369 e. The van der Waals surface area contributed by atoms with Crippen molar-refractivity contribution in [2.75, 3.05) is 38.1 Å². The van der Waals surface area contributed by atoms with Crippen LogP contribution in [0.15, 0.2) is 24.3 Å². The number of rotatable bonds is 2. The van der Waals surface area contributed by atoms with E-state index >= 15 is 0 Å². The third-order valence-electron chi connectivity index (χ3n) is 3.43. The molecule has 0 atom stereocenters. The fourth-order valence-corrected chi connectivity index (χ4v) is 2.13. The van der Waals surface area contributed by atoms with Crippen LogP contribution in [0.1, 0.15) is 32.8 Å². The van der Waals surface area contributed by atoms with Crippen molar-refractivity contribution < 1.29 is 0 Å². The van der Waals surface area contributed by atoms with Crippen LogP contribution in [0.5, 0.6) is 0 Å². The van der Waals surface area contributed by atoms with Crippen molar-refractivity contribution in [3.63, 3.8) is 0 Å². The number of likely N-dealkylation sites (N-methyl/N-ethyl adjacent to an activating group) is 1. The molecule has 1 aliphatic rings. The molecule has 1 aromatic carbocycles. The van der Waals surface area contributed by atoms with Gasteiger partial charge in [-0.2, -0.15) is 0 Å². The molecular formula is C15H26N2. The zero-order valence-corrected chi connectivity index (χ0v) is 10.6. The van der Waals surface area contributed by atoms with Gasteiger partial charge < -0.3 is 9.80 Å². The maximum Gasteiger partial charge on any atom is 0.0367 e. The summed E-state index contributed by atoms with van der Waals surface area (Å²) in [6.45, 7) is 9.13. The van der Waals surface area contributed by atoms with Crippen LogP contribution in [-0.2, 0) is 0 Å². The van der Waals surface area contributed by atoms with E-state index in [0.29, 0.717) is 5.92 Å². The minimum absolute atomic E-state index is 0.